The highest BCUT2D eigenvalue weighted by Gasteiger charge is 2.11. The molecular weight excluding hydrogens is 234 g/mol. The van der Waals surface area contributed by atoms with Crippen molar-refractivity contribution in [3.8, 4) is 5.88 Å². The van der Waals surface area contributed by atoms with E-state index in [1.54, 1.807) is 0 Å². The molecule has 0 fully saturated rings. The van der Waals surface area contributed by atoms with E-state index in [9.17, 15) is 4.79 Å². The Kier molecular flexibility index (Phi) is 3.78. The molecule has 1 unspecified atom stereocenters. The number of carbonyl (C=O) groups is 1. The predicted molar refractivity (Wildman–Crippen MR) is 65.9 cm³/mol. The van der Waals surface area contributed by atoms with Gasteiger partial charge in [0.05, 0.1) is 5.39 Å². The summed E-state index contributed by atoms with van der Waals surface area (Å²) in [6.07, 6.45) is 0.745. The minimum Gasteiger partial charge on any atom is -0.473 e. The number of amides is 1. The van der Waals surface area contributed by atoms with Crippen LogP contribution in [0.3, 0.4) is 0 Å². The Bertz CT molecular complexity index is 538. The van der Waals surface area contributed by atoms with Gasteiger partial charge in [-0.15, -0.1) is 0 Å². The molecule has 1 heterocycles. The summed E-state index contributed by atoms with van der Waals surface area (Å²) in [6, 6.07) is 7.14. The molecule has 0 radical (unpaired) electrons. The van der Waals surface area contributed by atoms with Gasteiger partial charge in [-0.1, -0.05) is 12.1 Å². The smallest absolute Gasteiger partial charge is 0.262 e. The Hall–Kier alpha value is -2.08. The largest absolute Gasteiger partial charge is 0.473 e. The zero-order valence-corrected chi connectivity index (χ0v) is 9.83. The van der Waals surface area contributed by atoms with Crippen LogP contribution in [0.15, 0.2) is 28.8 Å². The Balaban J connectivity index is 1.92. The van der Waals surface area contributed by atoms with E-state index in [0.717, 1.165) is 5.39 Å². The summed E-state index contributed by atoms with van der Waals surface area (Å²) >= 11 is 0. The van der Waals surface area contributed by atoms with Crippen molar-refractivity contribution in [1.82, 2.24) is 5.16 Å². The fraction of sp³-hybridized carbons (Fsp3) is 0.333. The van der Waals surface area contributed by atoms with Crippen LogP contribution in [-0.2, 0) is 4.79 Å². The van der Waals surface area contributed by atoms with Crippen molar-refractivity contribution in [2.24, 2.45) is 11.5 Å². The number of aromatic nitrogens is 1. The van der Waals surface area contributed by atoms with Crippen LogP contribution in [0.5, 0.6) is 5.88 Å². The summed E-state index contributed by atoms with van der Waals surface area (Å²) in [5.74, 6) is 0.0532. The molecule has 0 bridgehead atoms. The van der Waals surface area contributed by atoms with Crippen LogP contribution < -0.4 is 16.2 Å². The second-order valence-electron chi connectivity index (χ2n) is 4.06. The topological polar surface area (TPSA) is 104 Å². The average molecular weight is 249 g/mol. The van der Waals surface area contributed by atoms with Gasteiger partial charge in [-0.2, -0.15) is 0 Å². The number of nitrogens with two attached hydrogens (primary N) is 2. The number of fused-ring (bicyclic) bond motifs is 1. The van der Waals surface area contributed by atoms with E-state index in [4.69, 9.17) is 20.7 Å². The van der Waals surface area contributed by atoms with Gasteiger partial charge in [0.2, 0.25) is 5.91 Å². The molecule has 96 valence electrons. The van der Waals surface area contributed by atoms with Gasteiger partial charge in [-0.25, -0.2) is 0 Å². The molecule has 2 rings (SSSR count). The molecule has 6 nitrogen and oxygen atoms in total. The Labute approximate surface area is 104 Å². The maximum atomic E-state index is 10.6. The lowest BCUT2D eigenvalue weighted by Crippen LogP contribution is -2.29. The fourth-order valence-electron chi connectivity index (χ4n) is 1.56. The molecule has 1 aromatic heterocycles. The van der Waals surface area contributed by atoms with Crippen LogP contribution in [-0.4, -0.2) is 23.7 Å². The molecular formula is C12H15N3O3. The average Bonchev–Trinajstić information content (AvgIpc) is 2.77. The van der Waals surface area contributed by atoms with Crippen LogP contribution in [0.1, 0.15) is 12.8 Å². The number of hydrogen-bond acceptors (Lipinski definition) is 5. The monoisotopic (exact) mass is 249 g/mol. The SMILES string of the molecule is NC(=O)CCC(N)COc1noc2ccccc12. The molecule has 0 aliphatic heterocycles. The van der Waals surface area contributed by atoms with Gasteiger partial charge in [0, 0.05) is 12.5 Å². The van der Waals surface area contributed by atoms with E-state index < -0.39 is 0 Å². The van der Waals surface area contributed by atoms with Crippen molar-refractivity contribution in [2.75, 3.05) is 6.61 Å². The fourth-order valence-corrected chi connectivity index (χ4v) is 1.56. The first kappa shape index (κ1) is 12.4. The number of carbonyl (C=O) groups excluding carboxylic acids is 1. The van der Waals surface area contributed by atoms with Crippen LogP contribution in [0, 0.1) is 0 Å². The lowest BCUT2D eigenvalue weighted by atomic mass is 10.2. The van der Waals surface area contributed by atoms with E-state index in [0.29, 0.717) is 17.9 Å². The molecule has 0 spiro atoms. The minimum absolute atomic E-state index is 0.254. The van der Waals surface area contributed by atoms with Gasteiger partial charge in [0.25, 0.3) is 5.88 Å². The number of rotatable bonds is 6. The molecule has 1 atom stereocenters. The molecule has 4 N–H and O–H groups in total. The maximum Gasteiger partial charge on any atom is 0.262 e. The van der Waals surface area contributed by atoms with Gasteiger partial charge in [0.15, 0.2) is 5.58 Å². The summed E-state index contributed by atoms with van der Waals surface area (Å²) < 4.78 is 10.6. The second-order valence-corrected chi connectivity index (χ2v) is 4.06. The first-order chi connectivity index (χ1) is 8.66. The van der Waals surface area contributed by atoms with Gasteiger partial charge in [0.1, 0.15) is 6.61 Å². The zero-order chi connectivity index (χ0) is 13.0. The second kappa shape index (κ2) is 5.50. The van der Waals surface area contributed by atoms with Crippen molar-refractivity contribution >= 4 is 16.9 Å². The Morgan fingerprint density at radius 3 is 3.00 bits per heavy atom. The van der Waals surface area contributed by atoms with Crippen molar-refractivity contribution in [3.05, 3.63) is 24.3 Å². The van der Waals surface area contributed by atoms with Crippen LogP contribution >= 0.6 is 0 Å². The summed E-state index contributed by atoms with van der Waals surface area (Å²) in [6.45, 7) is 0.268. The molecule has 0 saturated heterocycles. The lowest BCUT2D eigenvalue weighted by molar-refractivity contribution is -0.118. The highest BCUT2D eigenvalue weighted by atomic mass is 16.5. The van der Waals surface area contributed by atoms with Crippen LogP contribution in [0.4, 0.5) is 0 Å². The highest BCUT2D eigenvalue weighted by Crippen LogP contribution is 2.24. The number of primary amides is 1. The third kappa shape index (κ3) is 2.98. The lowest BCUT2D eigenvalue weighted by Gasteiger charge is -2.10. The van der Waals surface area contributed by atoms with Gasteiger partial charge in [-0.3, -0.25) is 4.79 Å². The van der Waals surface area contributed by atoms with E-state index in [1.807, 2.05) is 24.3 Å². The first-order valence-electron chi connectivity index (χ1n) is 5.68. The molecule has 18 heavy (non-hydrogen) atoms. The third-order valence-electron chi connectivity index (χ3n) is 2.54. The van der Waals surface area contributed by atoms with Crippen molar-refractivity contribution in [3.63, 3.8) is 0 Å². The van der Waals surface area contributed by atoms with Gasteiger partial charge < -0.3 is 20.7 Å². The van der Waals surface area contributed by atoms with Crippen molar-refractivity contribution in [1.29, 1.82) is 0 Å². The number of benzene rings is 1. The molecule has 1 amide bonds. The van der Waals surface area contributed by atoms with E-state index in [1.165, 1.54) is 0 Å². The summed E-state index contributed by atoms with van der Waals surface area (Å²) in [5.41, 5.74) is 11.5. The molecule has 0 saturated carbocycles. The first-order valence-corrected chi connectivity index (χ1v) is 5.68. The van der Waals surface area contributed by atoms with E-state index in [-0.39, 0.29) is 25.0 Å². The van der Waals surface area contributed by atoms with Gasteiger partial charge >= 0.3 is 0 Å². The van der Waals surface area contributed by atoms with Gasteiger partial charge in [-0.05, 0) is 23.7 Å². The van der Waals surface area contributed by atoms with E-state index in [2.05, 4.69) is 5.16 Å². The number of hydrogen-bond donors (Lipinski definition) is 2. The van der Waals surface area contributed by atoms with E-state index >= 15 is 0 Å². The molecule has 2 aromatic rings. The quantitative estimate of drug-likeness (QED) is 0.787. The predicted octanol–water partition coefficient (Wildman–Crippen LogP) is 0.799. The molecule has 6 heteroatoms. The summed E-state index contributed by atoms with van der Waals surface area (Å²) in [7, 11) is 0. The molecule has 1 aromatic carbocycles. The number of nitrogens with zero attached hydrogens (tertiary/aromatic N) is 1. The minimum atomic E-state index is -0.364. The molecule has 0 aliphatic carbocycles. The Morgan fingerprint density at radius 2 is 2.22 bits per heavy atom. The maximum absolute atomic E-state index is 10.6. The molecule has 0 aliphatic rings. The van der Waals surface area contributed by atoms with Crippen molar-refractivity contribution in [2.45, 2.75) is 18.9 Å². The Morgan fingerprint density at radius 1 is 1.44 bits per heavy atom. The summed E-state index contributed by atoms with van der Waals surface area (Å²) in [5, 5.41) is 4.62. The highest BCUT2D eigenvalue weighted by molar-refractivity contribution is 5.81. The van der Waals surface area contributed by atoms with Crippen molar-refractivity contribution < 1.29 is 14.1 Å². The normalized spacial score (nSPS) is 12.5. The summed E-state index contributed by atoms with van der Waals surface area (Å²) in [4.78, 5) is 10.6. The number of para-hydroxylation sites is 1. The zero-order valence-electron chi connectivity index (χ0n) is 9.83. The third-order valence-corrected chi connectivity index (χ3v) is 2.54. The van der Waals surface area contributed by atoms with Crippen LogP contribution in [0.25, 0.3) is 11.0 Å². The van der Waals surface area contributed by atoms with Crippen LogP contribution in [0.2, 0.25) is 0 Å². The standard InChI is InChI=1S/C12H15N3O3/c13-8(5-6-11(14)16)7-17-12-9-3-1-2-4-10(9)18-15-12/h1-4,8H,5-7,13H2,(H2,14,16). The number of ether oxygens (including phenoxy) is 1.